The number of rotatable bonds is 4. The van der Waals surface area contributed by atoms with E-state index >= 15 is 0 Å². The molecule has 0 unspecified atom stereocenters. The van der Waals surface area contributed by atoms with Gasteiger partial charge in [0, 0.05) is 12.1 Å². The van der Waals surface area contributed by atoms with Crippen LogP contribution in [0, 0.1) is 0 Å². The molecule has 1 atom stereocenters. The summed E-state index contributed by atoms with van der Waals surface area (Å²) in [5.41, 5.74) is 0.441. The lowest BCUT2D eigenvalue weighted by Crippen LogP contribution is -2.47. The maximum Gasteiger partial charge on any atom is 0.326 e. The van der Waals surface area contributed by atoms with Crippen molar-refractivity contribution >= 4 is 11.9 Å². The van der Waals surface area contributed by atoms with Crippen LogP contribution in [0.4, 0.5) is 0 Å². The van der Waals surface area contributed by atoms with Crippen molar-refractivity contribution < 1.29 is 19.4 Å². The summed E-state index contributed by atoms with van der Waals surface area (Å²) in [4.78, 5) is 25.6. The number of aliphatic carboxylic acids is 1. The van der Waals surface area contributed by atoms with Crippen molar-refractivity contribution in [2.75, 3.05) is 6.54 Å². The molecule has 5 heteroatoms. The highest BCUT2D eigenvalue weighted by Crippen LogP contribution is 2.24. The maximum atomic E-state index is 12.7. The molecule has 3 rings (SSSR count). The predicted molar refractivity (Wildman–Crippen MR) is 89.3 cm³/mol. The van der Waals surface area contributed by atoms with E-state index in [9.17, 15) is 14.7 Å². The zero-order chi connectivity index (χ0) is 16.9. The molecule has 1 N–H and O–H groups in total. The summed E-state index contributed by atoms with van der Waals surface area (Å²) < 4.78 is 5.74. The van der Waals surface area contributed by atoms with Crippen LogP contribution < -0.4 is 4.74 Å². The van der Waals surface area contributed by atoms with Crippen molar-refractivity contribution in [1.82, 2.24) is 4.90 Å². The van der Waals surface area contributed by atoms with E-state index in [1.807, 2.05) is 30.3 Å². The molecule has 0 aromatic heterocycles. The lowest BCUT2D eigenvalue weighted by Gasteiger charge is -2.33. The van der Waals surface area contributed by atoms with Gasteiger partial charge < -0.3 is 14.7 Å². The number of carboxylic acid groups (broad SMARTS) is 1. The monoisotopic (exact) mass is 325 g/mol. The summed E-state index contributed by atoms with van der Waals surface area (Å²) in [6.45, 7) is 0.472. The Labute approximate surface area is 140 Å². The summed E-state index contributed by atoms with van der Waals surface area (Å²) in [6.07, 6.45) is 2.16. The van der Waals surface area contributed by atoms with E-state index in [0.29, 0.717) is 30.0 Å². The molecule has 1 aliphatic rings. The highest BCUT2D eigenvalue weighted by atomic mass is 16.5. The lowest BCUT2D eigenvalue weighted by atomic mass is 10.0. The third-order valence-corrected chi connectivity index (χ3v) is 4.11. The zero-order valence-electron chi connectivity index (χ0n) is 13.2. The van der Waals surface area contributed by atoms with E-state index in [1.54, 1.807) is 24.3 Å². The largest absolute Gasteiger partial charge is 0.480 e. The Balaban J connectivity index is 1.80. The zero-order valence-corrected chi connectivity index (χ0v) is 13.2. The number of hydrogen-bond acceptors (Lipinski definition) is 3. The van der Waals surface area contributed by atoms with Gasteiger partial charge in [-0.05, 0) is 49.6 Å². The third-order valence-electron chi connectivity index (χ3n) is 4.11. The highest BCUT2D eigenvalue weighted by Gasteiger charge is 2.32. The Morgan fingerprint density at radius 3 is 2.50 bits per heavy atom. The minimum atomic E-state index is -0.945. The van der Waals surface area contributed by atoms with Crippen LogP contribution in [0.15, 0.2) is 54.6 Å². The summed E-state index contributed by atoms with van der Waals surface area (Å²) in [5, 5.41) is 9.34. The van der Waals surface area contributed by atoms with Gasteiger partial charge in [-0.15, -0.1) is 0 Å². The SMILES string of the molecule is O=C(O)[C@H]1CCCCN1C(=O)c1cccc(Oc2ccccc2)c1. The maximum absolute atomic E-state index is 12.7. The average molecular weight is 325 g/mol. The van der Waals surface area contributed by atoms with Crippen molar-refractivity contribution in [3.63, 3.8) is 0 Å². The fourth-order valence-corrected chi connectivity index (χ4v) is 2.91. The van der Waals surface area contributed by atoms with Gasteiger partial charge in [0.25, 0.3) is 5.91 Å². The molecule has 1 fully saturated rings. The van der Waals surface area contributed by atoms with Crippen LogP contribution in [-0.2, 0) is 4.79 Å². The second kappa shape index (κ2) is 7.17. The summed E-state index contributed by atoms with van der Waals surface area (Å²) in [6, 6.07) is 15.4. The molecule has 2 aromatic rings. The number of para-hydroxylation sites is 1. The second-order valence-corrected chi connectivity index (χ2v) is 5.79. The topological polar surface area (TPSA) is 66.8 Å². The molecule has 1 aliphatic heterocycles. The second-order valence-electron chi connectivity index (χ2n) is 5.79. The normalized spacial score (nSPS) is 17.3. The Kier molecular flexibility index (Phi) is 4.79. The molecular weight excluding hydrogens is 306 g/mol. The van der Waals surface area contributed by atoms with Crippen LogP contribution in [0.3, 0.4) is 0 Å². The smallest absolute Gasteiger partial charge is 0.326 e. The van der Waals surface area contributed by atoms with Crippen LogP contribution in [0.25, 0.3) is 0 Å². The van der Waals surface area contributed by atoms with Crippen molar-refractivity contribution in [3.05, 3.63) is 60.2 Å². The summed E-state index contributed by atoms with van der Waals surface area (Å²) in [5.74, 6) is 0.0276. The van der Waals surface area contributed by atoms with E-state index in [4.69, 9.17) is 4.74 Å². The van der Waals surface area contributed by atoms with E-state index < -0.39 is 12.0 Å². The first-order valence-electron chi connectivity index (χ1n) is 8.02. The van der Waals surface area contributed by atoms with E-state index in [2.05, 4.69) is 0 Å². The molecule has 0 aliphatic carbocycles. The Morgan fingerprint density at radius 2 is 1.75 bits per heavy atom. The lowest BCUT2D eigenvalue weighted by molar-refractivity contribution is -0.143. The fraction of sp³-hybridized carbons (Fsp3) is 0.263. The number of piperidine rings is 1. The van der Waals surface area contributed by atoms with Gasteiger partial charge in [0.05, 0.1) is 0 Å². The van der Waals surface area contributed by atoms with E-state index in [1.165, 1.54) is 4.90 Å². The van der Waals surface area contributed by atoms with Gasteiger partial charge in [-0.1, -0.05) is 24.3 Å². The molecule has 124 valence electrons. The van der Waals surface area contributed by atoms with Crippen LogP contribution in [-0.4, -0.2) is 34.5 Å². The number of carboxylic acids is 1. The van der Waals surface area contributed by atoms with Gasteiger partial charge in [-0.25, -0.2) is 4.79 Å². The van der Waals surface area contributed by atoms with Crippen molar-refractivity contribution in [2.45, 2.75) is 25.3 Å². The average Bonchev–Trinajstić information content (AvgIpc) is 2.62. The van der Waals surface area contributed by atoms with Crippen molar-refractivity contribution in [1.29, 1.82) is 0 Å². The number of amides is 1. The third kappa shape index (κ3) is 3.56. The number of benzene rings is 2. The van der Waals surface area contributed by atoms with Crippen LogP contribution in [0.5, 0.6) is 11.5 Å². The van der Waals surface area contributed by atoms with Gasteiger partial charge in [0.1, 0.15) is 17.5 Å². The number of likely N-dealkylation sites (tertiary alicyclic amines) is 1. The Bertz CT molecular complexity index is 729. The van der Waals surface area contributed by atoms with Gasteiger partial charge >= 0.3 is 5.97 Å². The number of nitrogens with zero attached hydrogens (tertiary/aromatic N) is 1. The summed E-state index contributed by atoms with van der Waals surface area (Å²) >= 11 is 0. The molecule has 0 spiro atoms. The molecule has 5 nitrogen and oxygen atoms in total. The molecule has 2 aromatic carbocycles. The minimum absolute atomic E-state index is 0.263. The van der Waals surface area contributed by atoms with Gasteiger partial charge in [0.15, 0.2) is 0 Å². The first kappa shape index (κ1) is 16.1. The van der Waals surface area contributed by atoms with Crippen LogP contribution >= 0.6 is 0 Å². The van der Waals surface area contributed by atoms with Gasteiger partial charge in [-0.3, -0.25) is 4.79 Å². The molecule has 24 heavy (non-hydrogen) atoms. The predicted octanol–water partition coefficient (Wildman–Crippen LogP) is 3.56. The molecular formula is C19H19NO4. The Hall–Kier alpha value is -2.82. The minimum Gasteiger partial charge on any atom is -0.480 e. The molecule has 0 saturated carbocycles. The first-order valence-corrected chi connectivity index (χ1v) is 8.02. The Morgan fingerprint density at radius 1 is 1.00 bits per heavy atom. The highest BCUT2D eigenvalue weighted by molar-refractivity contribution is 5.97. The van der Waals surface area contributed by atoms with E-state index in [-0.39, 0.29) is 5.91 Å². The first-order chi connectivity index (χ1) is 11.6. The van der Waals surface area contributed by atoms with Crippen LogP contribution in [0.1, 0.15) is 29.6 Å². The van der Waals surface area contributed by atoms with Gasteiger partial charge in [-0.2, -0.15) is 0 Å². The molecule has 1 saturated heterocycles. The number of carbonyl (C=O) groups excluding carboxylic acids is 1. The molecule has 1 amide bonds. The van der Waals surface area contributed by atoms with E-state index in [0.717, 1.165) is 12.8 Å². The van der Waals surface area contributed by atoms with Gasteiger partial charge in [0.2, 0.25) is 0 Å². The molecule has 0 bridgehead atoms. The number of ether oxygens (including phenoxy) is 1. The van der Waals surface area contributed by atoms with Crippen LogP contribution in [0.2, 0.25) is 0 Å². The standard InChI is InChI=1S/C19H19NO4/c21-18(20-12-5-4-11-17(20)19(22)23)14-7-6-10-16(13-14)24-15-8-2-1-3-9-15/h1-3,6-10,13,17H,4-5,11-12H2,(H,22,23)/t17-/m1/s1. The quantitative estimate of drug-likeness (QED) is 0.933. The fourth-order valence-electron chi connectivity index (χ4n) is 2.91. The molecule has 1 heterocycles. The number of carbonyl (C=O) groups is 2. The van der Waals surface area contributed by atoms with Crippen molar-refractivity contribution in [3.8, 4) is 11.5 Å². The summed E-state index contributed by atoms with van der Waals surface area (Å²) in [7, 11) is 0. The number of hydrogen-bond donors (Lipinski definition) is 1. The van der Waals surface area contributed by atoms with Crippen molar-refractivity contribution in [2.24, 2.45) is 0 Å². The molecule has 0 radical (unpaired) electrons.